The van der Waals surface area contributed by atoms with Crippen LogP contribution in [0.5, 0.6) is 0 Å². The predicted molar refractivity (Wildman–Crippen MR) is 76.6 cm³/mol. The first-order valence-corrected chi connectivity index (χ1v) is 7.61. The van der Waals surface area contributed by atoms with Crippen LogP contribution in [-0.4, -0.2) is 34.6 Å². The first-order valence-electron chi connectivity index (χ1n) is 7.61. The lowest BCUT2D eigenvalue weighted by molar-refractivity contribution is 0.566. The van der Waals surface area contributed by atoms with E-state index in [0.29, 0.717) is 5.92 Å². The van der Waals surface area contributed by atoms with Gasteiger partial charge in [-0.25, -0.2) is 0 Å². The summed E-state index contributed by atoms with van der Waals surface area (Å²) in [5.74, 6) is 3.22. The number of nitrogens with zero attached hydrogens (tertiary/aromatic N) is 4. The normalized spacial score (nSPS) is 19.5. The molecule has 2 heterocycles. The molecule has 1 aromatic heterocycles. The third kappa shape index (κ3) is 3.14. The van der Waals surface area contributed by atoms with Crippen molar-refractivity contribution in [3.8, 4) is 0 Å². The highest BCUT2D eigenvalue weighted by Crippen LogP contribution is 2.38. The molecule has 1 aromatic rings. The maximum atomic E-state index is 4.69. The molecule has 1 saturated heterocycles. The van der Waals surface area contributed by atoms with Crippen molar-refractivity contribution < 1.29 is 0 Å². The number of nitrogens with one attached hydrogen (secondary N) is 1. The Balaban J connectivity index is 1.81. The van der Waals surface area contributed by atoms with Crippen LogP contribution in [0, 0.1) is 0 Å². The molecular formula is C14H23N5. The Morgan fingerprint density at radius 2 is 1.89 bits per heavy atom. The van der Waals surface area contributed by atoms with E-state index < -0.39 is 0 Å². The van der Waals surface area contributed by atoms with Gasteiger partial charge in [0.15, 0.2) is 0 Å². The van der Waals surface area contributed by atoms with Gasteiger partial charge in [0.25, 0.3) is 0 Å². The van der Waals surface area contributed by atoms with E-state index in [1.54, 1.807) is 0 Å². The third-order valence-electron chi connectivity index (χ3n) is 3.76. The third-order valence-corrected chi connectivity index (χ3v) is 3.76. The average Bonchev–Trinajstić information content (AvgIpc) is 3.30. The molecular weight excluding hydrogens is 238 g/mol. The van der Waals surface area contributed by atoms with Gasteiger partial charge in [-0.05, 0) is 38.5 Å². The van der Waals surface area contributed by atoms with E-state index in [4.69, 9.17) is 4.98 Å². The van der Waals surface area contributed by atoms with Gasteiger partial charge < -0.3 is 10.2 Å². The number of rotatable bonds is 5. The van der Waals surface area contributed by atoms with Crippen molar-refractivity contribution >= 4 is 11.9 Å². The van der Waals surface area contributed by atoms with Gasteiger partial charge in [-0.1, -0.05) is 6.92 Å². The van der Waals surface area contributed by atoms with Crippen LogP contribution in [0.15, 0.2) is 0 Å². The molecule has 0 spiro atoms. The van der Waals surface area contributed by atoms with E-state index in [1.165, 1.54) is 32.1 Å². The van der Waals surface area contributed by atoms with Crippen LogP contribution in [0.3, 0.4) is 0 Å². The Hall–Kier alpha value is -1.39. The van der Waals surface area contributed by atoms with Gasteiger partial charge in [0.05, 0.1) is 0 Å². The van der Waals surface area contributed by atoms with E-state index >= 15 is 0 Å². The van der Waals surface area contributed by atoms with E-state index in [1.807, 2.05) is 0 Å². The largest absolute Gasteiger partial charge is 0.354 e. The lowest BCUT2D eigenvalue weighted by Crippen LogP contribution is -2.31. The van der Waals surface area contributed by atoms with Crippen LogP contribution in [0.1, 0.15) is 57.2 Å². The zero-order valence-electron chi connectivity index (χ0n) is 11.7. The lowest BCUT2D eigenvalue weighted by Gasteiger charge is -2.27. The summed E-state index contributed by atoms with van der Waals surface area (Å²) >= 11 is 0. The molecule has 0 amide bonds. The van der Waals surface area contributed by atoms with Gasteiger partial charge in [0.2, 0.25) is 11.9 Å². The van der Waals surface area contributed by atoms with Gasteiger partial charge in [-0.3, -0.25) is 0 Å². The number of hydrogen-bond donors (Lipinski definition) is 1. The highest BCUT2D eigenvalue weighted by atomic mass is 15.3. The predicted octanol–water partition coefficient (Wildman–Crippen LogP) is 2.56. The zero-order valence-corrected chi connectivity index (χ0v) is 11.7. The molecule has 19 heavy (non-hydrogen) atoms. The number of hydrogen-bond acceptors (Lipinski definition) is 5. The van der Waals surface area contributed by atoms with E-state index in [-0.39, 0.29) is 0 Å². The number of piperidine rings is 1. The van der Waals surface area contributed by atoms with Gasteiger partial charge in [0.1, 0.15) is 5.82 Å². The Labute approximate surface area is 114 Å². The molecule has 0 aromatic carbocycles. The molecule has 0 radical (unpaired) electrons. The number of aromatic nitrogens is 3. The first kappa shape index (κ1) is 12.6. The topological polar surface area (TPSA) is 53.9 Å². The molecule has 0 unspecified atom stereocenters. The number of anilines is 2. The summed E-state index contributed by atoms with van der Waals surface area (Å²) in [5, 5.41) is 3.31. The van der Waals surface area contributed by atoms with Crippen LogP contribution in [0.2, 0.25) is 0 Å². The standard InChI is InChI=1S/C14H23N5/c1-2-8-15-13-16-12(11-6-7-11)17-14(18-13)19-9-4-3-5-10-19/h11H,2-10H2,1H3,(H,15,16,17,18). The summed E-state index contributed by atoms with van der Waals surface area (Å²) in [6, 6.07) is 0. The van der Waals surface area contributed by atoms with E-state index in [9.17, 15) is 0 Å². The maximum absolute atomic E-state index is 4.69. The van der Waals surface area contributed by atoms with Crippen molar-refractivity contribution in [2.45, 2.75) is 51.4 Å². The first-order chi connectivity index (χ1) is 9.36. The second kappa shape index (κ2) is 5.72. The molecule has 5 nitrogen and oxygen atoms in total. The minimum atomic E-state index is 0.578. The summed E-state index contributed by atoms with van der Waals surface area (Å²) in [6.45, 7) is 5.25. The van der Waals surface area contributed by atoms with E-state index in [0.717, 1.165) is 43.8 Å². The van der Waals surface area contributed by atoms with Crippen molar-refractivity contribution in [1.29, 1.82) is 0 Å². The minimum Gasteiger partial charge on any atom is -0.354 e. The van der Waals surface area contributed by atoms with Crippen LogP contribution >= 0.6 is 0 Å². The molecule has 104 valence electrons. The maximum Gasteiger partial charge on any atom is 0.230 e. The van der Waals surface area contributed by atoms with Gasteiger partial charge in [-0.2, -0.15) is 15.0 Å². The SMILES string of the molecule is CCCNc1nc(C2CC2)nc(N2CCCCC2)n1. The molecule has 1 aliphatic carbocycles. The van der Waals surface area contributed by atoms with Crippen molar-refractivity contribution in [2.24, 2.45) is 0 Å². The lowest BCUT2D eigenvalue weighted by atomic mass is 10.1. The smallest absolute Gasteiger partial charge is 0.230 e. The Morgan fingerprint density at radius 1 is 1.11 bits per heavy atom. The van der Waals surface area contributed by atoms with Crippen LogP contribution < -0.4 is 10.2 Å². The Kier molecular flexibility index (Phi) is 3.80. The minimum absolute atomic E-state index is 0.578. The molecule has 2 fully saturated rings. The molecule has 0 atom stereocenters. The summed E-state index contributed by atoms with van der Waals surface area (Å²) in [6.07, 6.45) is 7.39. The van der Waals surface area contributed by atoms with Crippen molar-refractivity contribution in [3.05, 3.63) is 5.82 Å². The molecule has 3 rings (SSSR count). The van der Waals surface area contributed by atoms with Crippen LogP contribution in [-0.2, 0) is 0 Å². The highest BCUT2D eigenvalue weighted by molar-refractivity contribution is 5.38. The fourth-order valence-corrected chi connectivity index (χ4v) is 2.46. The van der Waals surface area contributed by atoms with Gasteiger partial charge in [-0.15, -0.1) is 0 Å². The Bertz CT molecular complexity index is 424. The second-order valence-electron chi connectivity index (χ2n) is 5.57. The molecule has 1 N–H and O–H groups in total. The van der Waals surface area contributed by atoms with Crippen LogP contribution in [0.25, 0.3) is 0 Å². The van der Waals surface area contributed by atoms with Crippen molar-refractivity contribution in [2.75, 3.05) is 29.9 Å². The summed E-state index contributed by atoms with van der Waals surface area (Å²) in [5.41, 5.74) is 0. The summed E-state index contributed by atoms with van der Waals surface area (Å²) < 4.78 is 0. The zero-order chi connectivity index (χ0) is 13.1. The van der Waals surface area contributed by atoms with Crippen molar-refractivity contribution in [1.82, 2.24) is 15.0 Å². The highest BCUT2D eigenvalue weighted by Gasteiger charge is 2.28. The summed E-state index contributed by atoms with van der Waals surface area (Å²) in [4.78, 5) is 16.2. The monoisotopic (exact) mass is 261 g/mol. The van der Waals surface area contributed by atoms with E-state index in [2.05, 4.69) is 27.1 Å². The fourth-order valence-electron chi connectivity index (χ4n) is 2.46. The van der Waals surface area contributed by atoms with Gasteiger partial charge >= 0.3 is 0 Å². The Morgan fingerprint density at radius 3 is 2.58 bits per heavy atom. The van der Waals surface area contributed by atoms with Crippen molar-refractivity contribution in [3.63, 3.8) is 0 Å². The molecule has 1 aliphatic heterocycles. The van der Waals surface area contributed by atoms with Crippen LogP contribution in [0.4, 0.5) is 11.9 Å². The quantitative estimate of drug-likeness (QED) is 0.882. The fraction of sp³-hybridized carbons (Fsp3) is 0.786. The second-order valence-corrected chi connectivity index (χ2v) is 5.57. The summed E-state index contributed by atoms with van der Waals surface area (Å²) in [7, 11) is 0. The average molecular weight is 261 g/mol. The molecule has 0 bridgehead atoms. The molecule has 1 saturated carbocycles. The van der Waals surface area contributed by atoms with Gasteiger partial charge in [0, 0.05) is 25.6 Å². The molecule has 5 heteroatoms. The molecule has 2 aliphatic rings.